The Labute approximate surface area is 148 Å². The zero-order valence-electron chi connectivity index (χ0n) is 14.1. The van der Waals surface area contributed by atoms with E-state index in [1.54, 1.807) is 0 Å². The Morgan fingerprint density at radius 1 is 1.65 bits per heavy atom. The highest BCUT2D eigenvalue weighted by Crippen LogP contribution is 2.39. The second-order valence-electron chi connectivity index (χ2n) is 5.93. The van der Waals surface area contributed by atoms with Crippen molar-refractivity contribution in [3.8, 4) is 12.3 Å². The van der Waals surface area contributed by atoms with Crippen molar-refractivity contribution in [2.75, 3.05) is 12.3 Å². The van der Waals surface area contributed by atoms with Crippen molar-refractivity contribution in [2.24, 2.45) is 0 Å². The number of terminal acetylenes is 1. The molecular weight excluding hydrogens is 345 g/mol. The fourth-order valence-corrected chi connectivity index (χ4v) is 2.91. The number of aromatic nitrogens is 4. The van der Waals surface area contributed by atoms with Crippen LogP contribution in [0.2, 0.25) is 0 Å². The average Bonchev–Trinajstić information content (AvgIpc) is 3.17. The van der Waals surface area contributed by atoms with Crippen LogP contribution in [-0.2, 0) is 14.3 Å². The van der Waals surface area contributed by atoms with Crippen LogP contribution in [0.3, 0.4) is 0 Å². The highest BCUT2D eigenvalue weighted by molar-refractivity contribution is 5.81. The molecule has 9 nitrogen and oxygen atoms in total. The van der Waals surface area contributed by atoms with Gasteiger partial charge in [-0.25, -0.2) is 4.98 Å². The molecular formula is C16H18FN5O4. The lowest BCUT2D eigenvalue weighted by Crippen LogP contribution is -2.44. The molecule has 0 saturated carbocycles. The Kier molecular flexibility index (Phi) is 4.76. The van der Waals surface area contributed by atoms with Gasteiger partial charge in [-0.3, -0.25) is 9.36 Å². The number of nitrogen functional groups attached to an aromatic ring is 1. The fourth-order valence-electron chi connectivity index (χ4n) is 2.91. The smallest absolute Gasteiger partial charge is 0.312 e. The summed E-state index contributed by atoms with van der Waals surface area (Å²) in [6.45, 7) is 1.29. The molecule has 10 heteroatoms. The molecule has 1 saturated heterocycles. The highest BCUT2D eigenvalue weighted by atomic mass is 19.1. The molecule has 3 rings (SSSR count). The van der Waals surface area contributed by atoms with Gasteiger partial charge >= 0.3 is 12.0 Å². The summed E-state index contributed by atoms with van der Waals surface area (Å²) >= 11 is 0. The van der Waals surface area contributed by atoms with Gasteiger partial charge in [-0.15, -0.1) is 6.42 Å². The lowest BCUT2D eigenvalue weighted by atomic mass is 9.98. The van der Waals surface area contributed by atoms with Crippen molar-refractivity contribution in [2.45, 2.75) is 44.1 Å². The first kappa shape index (κ1) is 18.0. The van der Waals surface area contributed by atoms with E-state index in [2.05, 4.69) is 20.9 Å². The van der Waals surface area contributed by atoms with Crippen LogP contribution in [0.5, 0.6) is 0 Å². The number of carbonyl (C=O) groups is 1. The Morgan fingerprint density at radius 2 is 2.42 bits per heavy atom. The molecule has 0 unspecified atom stereocenters. The quantitative estimate of drug-likeness (QED) is 0.448. The van der Waals surface area contributed by atoms with Gasteiger partial charge in [0.1, 0.15) is 12.3 Å². The van der Waals surface area contributed by atoms with Gasteiger partial charge in [-0.1, -0.05) is 12.8 Å². The summed E-state index contributed by atoms with van der Waals surface area (Å²) < 4.78 is 26.2. The number of anilines is 1. The number of aliphatic hydroxyl groups excluding tert-OH is 1. The lowest BCUT2D eigenvalue weighted by molar-refractivity contribution is -0.158. The predicted molar refractivity (Wildman–Crippen MR) is 87.9 cm³/mol. The number of nitrogens with two attached hydrogens (primary N) is 1. The summed E-state index contributed by atoms with van der Waals surface area (Å²) in [5.41, 5.74) is 4.46. The van der Waals surface area contributed by atoms with Gasteiger partial charge in [0.25, 0.3) is 0 Å². The maximum Gasteiger partial charge on any atom is 0.312 e. The van der Waals surface area contributed by atoms with E-state index < -0.39 is 36.6 Å². The molecule has 0 radical (unpaired) electrons. The zero-order chi connectivity index (χ0) is 18.9. The number of imidazole rings is 1. The number of rotatable bonds is 5. The van der Waals surface area contributed by atoms with Crippen LogP contribution >= 0.6 is 0 Å². The Bertz CT molecular complexity index is 879. The molecule has 138 valence electrons. The average molecular weight is 363 g/mol. The third kappa shape index (κ3) is 2.95. The molecule has 0 aromatic carbocycles. The number of esters is 1. The molecule has 0 amide bonds. The molecule has 26 heavy (non-hydrogen) atoms. The molecule has 3 heterocycles. The third-order valence-electron chi connectivity index (χ3n) is 4.22. The van der Waals surface area contributed by atoms with E-state index in [4.69, 9.17) is 21.6 Å². The van der Waals surface area contributed by atoms with Crippen molar-refractivity contribution in [1.82, 2.24) is 19.5 Å². The molecule has 3 N–H and O–H groups in total. The number of aliphatic hydroxyl groups is 1. The van der Waals surface area contributed by atoms with Gasteiger partial charge in [-0.2, -0.15) is 14.4 Å². The van der Waals surface area contributed by atoms with Crippen LogP contribution in [0.15, 0.2) is 6.33 Å². The van der Waals surface area contributed by atoms with Crippen LogP contribution in [0.1, 0.15) is 32.4 Å². The number of carbonyl (C=O) groups excluding carboxylic acids is 1. The van der Waals surface area contributed by atoms with E-state index in [0.29, 0.717) is 6.42 Å². The molecule has 1 fully saturated rings. The minimum atomic E-state index is -1.51. The van der Waals surface area contributed by atoms with Crippen molar-refractivity contribution < 1.29 is 23.8 Å². The number of halogens is 1. The minimum Gasteiger partial charge on any atom is -0.458 e. The molecule has 0 aliphatic carbocycles. The molecule has 2 aromatic rings. The van der Waals surface area contributed by atoms with Crippen LogP contribution in [0.4, 0.5) is 10.2 Å². The van der Waals surface area contributed by atoms with Gasteiger partial charge in [0.2, 0.25) is 0 Å². The topological polar surface area (TPSA) is 125 Å². The van der Waals surface area contributed by atoms with E-state index in [-0.39, 0.29) is 29.8 Å². The Balaban J connectivity index is 1.95. The second kappa shape index (κ2) is 6.86. The molecule has 0 bridgehead atoms. The number of ether oxygens (including phenoxy) is 2. The number of nitrogens with zero attached hydrogens (tertiary/aromatic N) is 4. The third-order valence-corrected chi connectivity index (χ3v) is 4.22. The van der Waals surface area contributed by atoms with E-state index in [1.165, 1.54) is 10.9 Å². The second-order valence-corrected chi connectivity index (χ2v) is 5.93. The first-order valence-electron chi connectivity index (χ1n) is 8.05. The molecule has 3 atom stereocenters. The molecule has 0 spiro atoms. The monoisotopic (exact) mass is 363 g/mol. The summed E-state index contributed by atoms with van der Waals surface area (Å²) in [5.74, 6) is 1.82. The number of hydrogen-bond donors (Lipinski definition) is 2. The largest absolute Gasteiger partial charge is 0.458 e. The van der Waals surface area contributed by atoms with Gasteiger partial charge in [0.05, 0.1) is 12.9 Å². The molecule has 2 aromatic heterocycles. The normalized spacial score (nSPS) is 25.3. The van der Waals surface area contributed by atoms with Crippen molar-refractivity contribution in [3.05, 3.63) is 12.4 Å². The van der Waals surface area contributed by atoms with Crippen molar-refractivity contribution >= 4 is 23.0 Å². The standard InChI is InChI=1S/C16H18FN5O4/c1-3-5-11(24)25-9-6-10(26-16(9,4-2)7-23)22-8-19-12-13(18)20-15(17)21-14(12)22/h2,8-10,23H,3,5-7H2,1H3,(H2,18,20,21)/t9-,10+,16+/m0/s1. The van der Waals surface area contributed by atoms with E-state index >= 15 is 0 Å². The van der Waals surface area contributed by atoms with Crippen molar-refractivity contribution in [3.63, 3.8) is 0 Å². The van der Waals surface area contributed by atoms with Crippen molar-refractivity contribution in [1.29, 1.82) is 0 Å². The van der Waals surface area contributed by atoms with Gasteiger partial charge < -0.3 is 20.3 Å². The molecule has 1 aliphatic heterocycles. The van der Waals surface area contributed by atoms with E-state index in [0.717, 1.165) is 0 Å². The Hall–Kier alpha value is -2.77. The van der Waals surface area contributed by atoms with Gasteiger partial charge in [0, 0.05) is 12.8 Å². The maximum atomic E-state index is 13.5. The van der Waals surface area contributed by atoms with E-state index in [1.807, 2.05) is 6.92 Å². The Morgan fingerprint density at radius 3 is 3.08 bits per heavy atom. The predicted octanol–water partition coefficient (Wildman–Crippen LogP) is 0.543. The molecule has 1 aliphatic rings. The van der Waals surface area contributed by atoms with Gasteiger partial charge in [-0.05, 0) is 6.42 Å². The highest BCUT2D eigenvalue weighted by Gasteiger charge is 2.51. The first-order chi connectivity index (χ1) is 12.4. The first-order valence-corrected chi connectivity index (χ1v) is 8.05. The summed E-state index contributed by atoms with van der Waals surface area (Å²) in [6.07, 6.45) is 5.20. The fraction of sp³-hybridized carbons (Fsp3) is 0.500. The van der Waals surface area contributed by atoms with E-state index in [9.17, 15) is 14.3 Å². The van der Waals surface area contributed by atoms with Crippen LogP contribution in [-0.4, -0.2) is 48.9 Å². The van der Waals surface area contributed by atoms with Crippen LogP contribution in [0, 0.1) is 18.4 Å². The summed E-state index contributed by atoms with van der Waals surface area (Å²) in [4.78, 5) is 23.1. The summed E-state index contributed by atoms with van der Waals surface area (Å²) in [6, 6.07) is 0. The lowest BCUT2D eigenvalue weighted by Gasteiger charge is -2.26. The number of fused-ring (bicyclic) bond motifs is 1. The SMILES string of the molecule is C#C[C@]1(CO)O[C@@H](n2cnc3c(N)nc(F)nc32)C[C@@H]1OC(=O)CCC. The number of hydrogen-bond acceptors (Lipinski definition) is 8. The zero-order valence-corrected chi connectivity index (χ0v) is 14.1. The minimum absolute atomic E-state index is 0.111. The van der Waals surface area contributed by atoms with Crippen LogP contribution < -0.4 is 5.73 Å². The summed E-state index contributed by atoms with van der Waals surface area (Å²) in [5, 5.41) is 9.76. The van der Waals surface area contributed by atoms with Crippen LogP contribution in [0.25, 0.3) is 11.2 Å². The summed E-state index contributed by atoms with van der Waals surface area (Å²) in [7, 11) is 0. The van der Waals surface area contributed by atoms with Gasteiger partial charge in [0.15, 0.2) is 22.6 Å². The maximum absolute atomic E-state index is 13.5.